The fraction of sp³-hybridized carbons (Fsp3) is 0.353. The summed E-state index contributed by atoms with van der Waals surface area (Å²) in [6.45, 7) is 0.763. The van der Waals surface area contributed by atoms with Crippen molar-refractivity contribution < 1.29 is 23.8 Å². The summed E-state index contributed by atoms with van der Waals surface area (Å²) in [6, 6.07) is 9.60. The SMILES string of the molecule is O=C(O)C1CN(C(=O)CSCc2coc(-c3ccccc3)n2)CCO1. The summed E-state index contributed by atoms with van der Waals surface area (Å²) in [5.41, 5.74) is 1.67. The highest BCUT2D eigenvalue weighted by Crippen LogP contribution is 2.20. The molecule has 1 saturated heterocycles. The molecule has 0 spiro atoms. The molecule has 1 atom stereocenters. The van der Waals surface area contributed by atoms with Gasteiger partial charge in [-0.2, -0.15) is 0 Å². The Morgan fingerprint density at radius 3 is 2.88 bits per heavy atom. The van der Waals surface area contributed by atoms with Crippen molar-refractivity contribution in [1.29, 1.82) is 0 Å². The molecule has 0 radical (unpaired) electrons. The van der Waals surface area contributed by atoms with Crippen LogP contribution in [0.4, 0.5) is 0 Å². The molecule has 1 aromatic carbocycles. The van der Waals surface area contributed by atoms with E-state index >= 15 is 0 Å². The number of rotatable bonds is 6. The number of hydrogen-bond acceptors (Lipinski definition) is 6. The highest BCUT2D eigenvalue weighted by Gasteiger charge is 2.28. The number of carboxylic acids is 1. The van der Waals surface area contributed by atoms with Gasteiger partial charge >= 0.3 is 5.97 Å². The number of aromatic nitrogens is 1. The zero-order chi connectivity index (χ0) is 17.6. The Bertz CT molecular complexity index is 734. The fourth-order valence-electron chi connectivity index (χ4n) is 2.45. The number of hydrogen-bond donors (Lipinski definition) is 1. The lowest BCUT2D eigenvalue weighted by molar-refractivity contribution is -0.158. The maximum Gasteiger partial charge on any atom is 0.334 e. The number of ether oxygens (including phenoxy) is 1. The third kappa shape index (κ3) is 4.61. The molecule has 1 aromatic heterocycles. The zero-order valence-electron chi connectivity index (χ0n) is 13.5. The van der Waals surface area contributed by atoms with E-state index in [2.05, 4.69) is 4.98 Å². The molecule has 2 heterocycles. The zero-order valence-corrected chi connectivity index (χ0v) is 14.3. The second-order valence-corrected chi connectivity index (χ2v) is 6.53. The number of amides is 1. The van der Waals surface area contributed by atoms with Crippen molar-refractivity contribution in [2.24, 2.45) is 0 Å². The van der Waals surface area contributed by atoms with Gasteiger partial charge in [0, 0.05) is 17.9 Å². The molecule has 1 aliphatic heterocycles. The van der Waals surface area contributed by atoms with E-state index in [4.69, 9.17) is 14.3 Å². The van der Waals surface area contributed by atoms with Crippen molar-refractivity contribution >= 4 is 23.6 Å². The van der Waals surface area contributed by atoms with Crippen LogP contribution in [0.3, 0.4) is 0 Å². The molecule has 1 amide bonds. The molecule has 1 unspecified atom stereocenters. The van der Waals surface area contributed by atoms with Gasteiger partial charge in [-0.1, -0.05) is 18.2 Å². The molecule has 132 valence electrons. The van der Waals surface area contributed by atoms with Crippen LogP contribution < -0.4 is 0 Å². The lowest BCUT2D eigenvalue weighted by Crippen LogP contribution is -2.49. The average molecular weight is 362 g/mol. The van der Waals surface area contributed by atoms with Crippen molar-refractivity contribution in [3.05, 3.63) is 42.3 Å². The molecular weight excluding hydrogens is 344 g/mol. The van der Waals surface area contributed by atoms with Gasteiger partial charge in [0.15, 0.2) is 6.10 Å². The number of carbonyl (C=O) groups excluding carboxylic acids is 1. The van der Waals surface area contributed by atoms with Crippen LogP contribution in [-0.2, 0) is 20.1 Å². The lowest BCUT2D eigenvalue weighted by Gasteiger charge is -2.30. The summed E-state index contributed by atoms with van der Waals surface area (Å²) in [5.74, 6) is 0.238. The summed E-state index contributed by atoms with van der Waals surface area (Å²) in [5, 5.41) is 8.97. The van der Waals surface area contributed by atoms with Crippen LogP contribution in [0.25, 0.3) is 11.5 Å². The molecule has 8 heteroatoms. The third-order valence-electron chi connectivity index (χ3n) is 3.74. The van der Waals surface area contributed by atoms with E-state index in [1.165, 1.54) is 16.7 Å². The molecule has 1 fully saturated rings. The number of aliphatic carboxylic acids is 1. The van der Waals surface area contributed by atoms with Crippen LogP contribution in [0.2, 0.25) is 0 Å². The Balaban J connectivity index is 1.47. The monoisotopic (exact) mass is 362 g/mol. The Morgan fingerprint density at radius 1 is 1.32 bits per heavy atom. The van der Waals surface area contributed by atoms with Crippen LogP contribution in [0.5, 0.6) is 0 Å². The molecule has 3 rings (SSSR count). The number of benzene rings is 1. The quantitative estimate of drug-likeness (QED) is 0.839. The predicted molar refractivity (Wildman–Crippen MR) is 92.1 cm³/mol. The normalized spacial score (nSPS) is 17.4. The predicted octanol–water partition coefficient (Wildman–Crippen LogP) is 1.89. The van der Waals surface area contributed by atoms with Gasteiger partial charge in [0.25, 0.3) is 0 Å². The highest BCUT2D eigenvalue weighted by molar-refractivity contribution is 7.99. The number of carboxylic acid groups (broad SMARTS) is 1. The number of nitrogens with zero attached hydrogens (tertiary/aromatic N) is 2. The minimum absolute atomic E-state index is 0.0914. The standard InChI is InChI=1S/C17H18N2O5S/c20-15(19-6-7-23-14(8-19)17(21)22)11-25-10-13-9-24-16(18-13)12-4-2-1-3-5-12/h1-5,9,14H,6-8,10-11H2,(H,21,22). The molecule has 0 aliphatic carbocycles. The molecule has 0 bridgehead atoms. The third-order valence-corrected chi connectivity index (χ3v) is 4.69. The molecule has 1 aliphatic rings. The van der Waals surface area contributed by atoms with E-state index in [1.54, 1.807) is 6.26 Å². The van der Waals surface area contributed by atoms with Gasteiger partial charge in [-0.3, -0.25) is 4.79 Å². The maximum absolute atomic E-state index is 12.2. The van der Waals surface area contributed by atoms with Crippen LogP contribution in [0.15, 0.2) is 41.0 Å². The number of oxazole rings is 1. The second-order valence-electron chi connectivity index (χ2n) is 5.54. The summed E-state index contributed by atoms with van der Waals surface area (Å²) in [4.78, 5) is 29.1. The Morgan fingerprint density at radius 2 is 2.12 bits per heavy atom. The van der Waals surface area contributed by atoms with Gasteiger partial charge in [0.05, 0.1) is 24.6 Å². The minimum Gasteiger partial charge on any atom is -0.479 e. The van der Waals surface area contributed by atoms with Crippen LogP contribution >= 0.6 is 11.8 Å². The van der Waals surface area contributed by atoms with Gasteiger partial charge in [-0.25, -0.2) is 9.78 Å². The van der Waals surface area contributed by atoms with Crippen molar-refractivity contribution in [3.63, 3.8) is 0 Å². The van der Waals surface area contributed by atoms with Crippen LogP contribution in [0, 0.1) is 0 Å². The van der Waals surface area contributed by atoms with E-state index in [1.807, 2.05) is 30.3 Å². The Kier molecular flexibility index (Phi) is 5.72. The smallest absolute Gasteiger partial charge is 0.334 e. The number of morpholine rings is 1. The van der Waals surface area contributed by atoms with Gasteiger partial charge in [-0.05, 0) is 12.1 Å². The van der Waals surface area contributed by atoms with Crippen LogP contribution in [-0.4, -0.2) is 58.4 Å². The van der Waals surface area contributed by atoms with Gasteiger partial charge in [-0.15, -0.1) is 11.8 Å². The summed E-state index contributed by atoms with van der Waals surface area (Å²) < 4.78 is 10.6. The first kappa shape index (κ1) is 17.5. The topological polar surface area (TPSA) is 92.9 Å². The minimum atomic E-state index is -1.04. The van der Waals surface area contributed by atoms with Crippen LogP contribution in [0.1, 0.15) is 5.69 Å². The summed E-state index contributed by atoms with van der Waals surface area (Å²) in [7, 11) is 0. The maximum atomic E-state index is 12.2. The second kappa shape index (κ2) is 8.17. The molecule has 0 saturated carbocycles. The van der Waals surface area contributed by atoms with E-state index in [9.17, 15) is 9.59 Å². The van der Waals surface area contributed by atoms with Gasteiger partial charge < -0.3 is 19.2 Å². The molecular formula is C17H18N2O5S. The number of carbonyl (C=O) groups is 2. The molecule has 1 N–H and O–H groups in total. The average Bonchev–Trinajstić information content (AvgIpc) is 3.11. The van der Waals surface area contributed by atoms with Crippen molar-refractivity contribution in [2.75, 3.05) is 25.4 Å². The summed E-state index contributed by atoms with van der Waals surface area (Å²) in [6.07, 6.45) is 0.654. The largest absolute Gasteiger partial charge is 0.479 e. The van der Waals surface area contributed by atoms with Crippen molar-refractivity contribution in [3.8, 4) is 11.5 Å². The van der Waals surface area contributed by atoms with E-state index in [0.29, 0.717) is 18.2 Å². The first-order valence-electron chi connectivity index (χ1n) is 7.83. The van der Waals surface area contributed by atoms with E-state index in [0.717, 1.165) is 11.3 Å². The highest BCUT2D eigenvalue weighted by atomic mass is 32.2. The van der Waals surface area contributed by atoms with Gasteiger partial charge in [0.1, 0.15) is 6.26 Å². The first-order valence-corrected chi connectivity index (χ1v) is 8.98. The summed E-state index contributed by atoms with van der Waals surface area (Å²) >= 11 is 1.42. The van der Waals surface area contributed by atoms with Gasteiger partial charge in [0.2, 0.25) is 11.8 Å². The Hall–Kier alpha value is -2.32. The van der Waals surface area contributed by atoms with E-state index < -0.39 is 12.1 Å². The van der Waals surface area contributed by atoms with Crippen molar-refractivity contribution in [2.45, 2.75) is 11.9 Å². The number of thioether (sulfide) groups is 1. The van der Waals surface area contributed by atoms with Crippen molar-refractivity contribution in [1.82, 2.24) is 9.88 Å². The molecule has 25 heavy (non-hydrogen) atoms. The molecule has 2 aromatic rings. The lowest BCUT2D eigenvalue weighted by atomic mass is 10.2. The van der Waals surface area contributed by atoms with E-state index in [-0.39, 0.29) is 24.8 Å². The first-order chi connectivity index (χ1) is 12.1. The fourth-order valence-corrected chi connectivity index (χ4v) is 3.25. The Labute approximate surface area is 149 Å². The molecule has 7 nitrogen and oxygen atoms in total.